The first kappa shape index (κ1) is 23.0. The van der Waals surface area contributed by atoms with Gasteiger partial charge in [0.1, 0.15) is 17.3 Å². The van der Waals surface area contributed by atoms with Gasteiger partial charge in [0.2, 0.25) is 5.95 Å². The van der Waals surface area contributed by atoms with Crippen LogP contribution in [0.25, 0.3) is 16.9 Å². The van der Waals surface area contributed by atoms with E-state index in [2.05, 4.69) is 37.4 Å². The highest BCUT2D eigenvalue weighted by atomic mass is 16.1. The van der Waals surface area contributed by atoms with Crippen molar-refractivity contribution in [3.05, 3.63) is 78.1 Å². The van der Waals surface area contributed by atoms with E-state index in [0.29, 0.717) is 17.3 Å². The Hall–Kier alpha value is -4.78. The Morgan fingerprint density at radius 3 is 2.86 bits per heavy atom. The van der Waals surface area contributed by atoms with Crippen molar-refractivity contribution in [1.29, 1.82) is 5.26 Å². The van der Waals surface area contributed by atoms with Crippen LogP contribution in [0.3, 0.4) is 0 Å². The fraction of sp³-hybridized carbons (Fsp3) is 0.231. The lowest BCUT2D eigenvalue weighted by Crippen LogP contribution is -2.30. The first-order valence-electron chi connectivity index (χ1n) is 11.7. The summed E-state index contributed by atoms with van der Waals surface area (Å²) in [4.78, 5) is 32.7. The molecule has 1 unspecified atom stereocenters. The molecule has 1 amide bonds. The zero-order chi connectivity index (χ0) is 25.1. The summed E-state index contributed by atoms with van der Waals surface area (Å²) in [6.07, 6.45) is 11.1. The number of anilines is 2. The molecular weight excluding hydrogens is 454 g/mol. The fourth-order valence-electron chi connectivity index (χ4n) is 4.56. The van der Waals surface area contributed by atoms with Crippen LogP contribution in [0.2, 0.25) is 0 Å². The second kappa shape index (κ2) is 9.84. The van der Waals surface area contributed by atoms with Crippen LogP contribution in [0.15, 0.2) is 61.2 Å². The molecule has 0 aliphatic carbocycles. The average Bonchev–Trinajstić information content (AvgIpc) is 3.30. The molecule has 5 heterocycles. The second-order valence-corrected chi connectivity index (χ2v) is 8.59. The number of imidazole rings is 1. The summed E-state index contributed by atoms with van der Waals surface area (Å²) < 4.78 is 1.85. The Morgan fingerprint density at radius 2 is 2.08 bits per heavy atom. The van der Waals surface area contributed by atoms with E-state index in [1.54, 1.807) is 30.6 Å². The second-order valence-electron chi connectivity index (χ2n) is 8.59. The van der Waals surface area contributed by atoms with Gasteiger partial charge in [-0.15, -0.1) is 0 Å². The highest BCUT2D eigenvalue weighted by molar-refractivity contribution is 6.02. The van der Waals surface area contributed by atoms with Gasteiger partial charge in [0.15, 0.2) is 0 Å². The number of nitrogens with zero attached hydrogens (tertiary/aromatic N) is 7. The van der Waals surface area contributed by atoms with Crippen molar-refractivity contribution in [2.24, 2.45) is 0 Å². The normalized spacial score (nSPS) is 15.8. The lowest BCUT2D eigenvalue weighted by molar-refractivity contribution is 0.102. The van der Waals surface area contributed by atoms with Gasteiger partial charge in [0.05, 0.1) is 22.8 Å². The minimum atomic E-state index is -0.426. The molecule has 0 bridgehead atoms. The molecule has 3 N–H and O–H groups in total. The molecule has 0 saturated carbocycles. The number of allylic oxidation sites excluding steroid dienone is 1. The molecule has 1 atom stereocenters. The Kier molecular flexibility index (Phi) is 6.28. The molecular formula is C26H25N9O. The molecule has 1 aliphatic rings. The lowest BCUT2D eigenvalue weighted by atomic mass is 9.94. The minimum Gasteiger partial charge on any atom is -0.377 e. The fourth-order valence-corrected chi connectivity index (χ4v) is 4.56. The Labute approximate surface area is 208 Å². The smallest absolute Gasteiger partial charge is 0.275 e. The van der Waals surface area contributed by atoms with E-state index < -0.39 is 5.91 Å². The van der Waals surface area contributed by atoms with E-state index in [1.165, 1.54) is 12.3 Å². The minimum absolute atomic E-state index is 0.212. The number of carbonyl (C=O) groups is 1. The Balaban J connectivity index is 1.45. The van der Waals surface area contributed by atoms with Crippen molar-refractivity contribution in [3.63, 3.8) is 0 Å². The highest BCUT2D eigenvalue weighted by Gasteiger charge is 2.26. The molecule has 0 spiro atoms. The summed E-state index contributed by atoms with van der Waals surface area (Å²) in [5, 5.41) is 11.7. The first-order chi connectivity index (χ1) is 17.6. The summed E-state index contributed by atoms with van der Waals surface area (Å²) in [7, 11) is 0. The maximum atomic E-state index is 12.7. The largest absolute Gasteiger partial charge is 0.377 e. The van der Waals surface area contributed by atoms with Gasteiger partial charge < -0.3 is 16.0 Å². The summed E-state index contributed by atoms with van der Waals surface area (Å²) in [6.45, 7) is 3.95. The van der Waals surface area contributed by atoms with Gasteiger partial charge in [-0.2, -0.15) is 5.26 Å². The number of hydrogen-bond donors (Lipinski definition) is 2. The predicted octanol–water partition coefficient (Wildman–Crippen LogP) is 3.61. The van der Waals surface area contributed by atoms with Crippen LogP contribution in [0.4, 0.5) is 11.8 Å². The van der Waals surface area contributed by atoms with E-state index in [9.17, 15) is 4.79 Å². The zero-order valence-corrected chi connectivity index (χ0v) is 19.8. The molecule has 1 fully saturated rings. The highest BCUT2D eigenvalue weighted by Crippen LogP contribution is 2.33. The number of piperidine rings is 1. The average molecular weight is 480 g/mol. The SMILES string of the molecule is CC=CN1CCCC(c2nc(-c3ccc(C(=O)Nc4cc(C#N)ccn4)nc3)n3c(N)nccc23)C1. The van der Waals surface area contributed by atoms with Crippen LogP contribution in [0, 0.1) is 11.3 Å². The van der Waals surface area contributed by atoms with Crippen molar-refractivity contribution in [3.8, 4) is 17.5 Å². The quantitative estimate of drug-likeness (QED) is 0.443. The van der Waals surface area contributed by atoms with E-state index in [0.717, 1.165) is 42.7 Å². The number of amides is 1. The predicted molar refractivity (Wildman–Crippen MR) is 136 cm³/mol. The van der Waals surface area contributed by atoms with Crippen molar-refractivity contribution in [2.45, 2.75) is 25.7 Å². The van der Waals surface area contributed by atoms with Gasteiger partial charge in [-0.1, -0.05) is 6.08 Å². The van der Waals surface area contributed by atoms with Crippen molar-refractivity contribution < 1.29 is 4.79 Å². The molecule has 4 aromatic rings. The third-order valence-corrected chi connectivity index (χ3v) is 6.19. The summed E-state index contributed by atoms with van der Waals surface area (Å²) in [5.74, 6) is 1.09. The summed E-state index contributed by atoms with van der Waals surface area (Å²) in [5.41, 5.74) is 9.53. The van der Waals surface area contributed by atoms with Gasteiger partial charge in [-0.25, -0.2) is 15.0 Å². The number of hydrogen-bond acceptors (Lipinski definition) is 8. The van der Waals surface area contributed by atoms with Crippen LogP contribution in [-0.4, -0.2) is 48.2 Å². The van der Waals surface area contributed by atoms with E-state index in [1.807, 2.05) is 23.5 Å². The van der Waals surface area contributed by atoms with E-state index in [-0.39, 0.29) is 17.4 Å². The number of nitriles is 1. The zero-order valence-electron chi connectivity index (χ0n) is 19.8. The summed E-state index contributed by atoms with van der Waals surface area (Å²) >= 11 is 0. The van der Waals surface area contributed by atoms with E-state index >= 15 is 0 Å². The molecule has 4 aromatic heterocycles. The number of carbonyl (C=O) groups excluding carboxylic acids is 1. The van der Waals surface area contributed by atoms with Crippen molar-refractivity contribution >= 4 is 23.2 Å². The van der Waals surface area contributed by atoms with Gasteiger partial charge in [-0.3, -0.25) is 14.2 Å². The molecule has 180 valence electrons. The Bertz CT molecular complexity index is 1480. The monoisotopic (exact) mass is 479 g/mol. The number of nitrogen functional groups attached to an aromatic ring is 1. The maximum Gasteiger partial charge on any atom is 0.275 e. The molecule has 36 heavy (non-hydrogen) atoms. The van der Waals surface area contributed by atoms with Gasteiger partial charge in [0, 0.05) is 43.2 Å². The Morgan fingerprint density at radius 1 is 1.22 bits per heavy atom. The van der Waals surface area contributed by atoms with Crippen LogP contribution >= 0.6 is 0 Å². The molecule has 0 aromatic carbocycles. The van der Waals surface area contributed by atoms with Gasteiger partial charge in [0.25, 0.3) is 5.91 Å². The standard InChI is InChI=1S/C26H25N9O/c1-2-11-34-12-3-4-19(16-34)23-21-8-10-30-26(28)35(21)24(33-23)18-5-6-20(31-15-18)25(36)32-22-13-17(14-27)7-9-29-22/h2,5-11,13,15,19H,3-4,12,16H2,1H3,(H2,28,30)(H,29,32,36). The number of pyridine rings is 2. The van der Waals surface area contributed by atoms with Crippen LogP contribution in [-0.2, 0) is 0 Å². The van der Waals surface area contributed by atoms with Crippen LogP contribution in [0.1, 0.15) is 47.4 Å². The van der Waals surface area contributed by atoms with Gasteiger partial charge >= 0.3 is 0 Å². The van der Waals surface area contributed by atoms with Crippen molar-refractivity contribution in [1.82, 2.24) is 29.2 Å². The van der Waals surface area contributed by atoms with E-state index in [4.69, 9.17) is 16.0 Å². The molecule has 1 saturated heterocycles. The molecule has 5 rings (SSSR count). The number of fused-ring (bicyclic) bond motifs is 1. The molecule has 1 aliphatic heterocycles. The van der Waals surface area contributed by atoms with Crippen molar-refractivity contribution in [2.75, 3.05) is 24.1 Å². The first-order valence-corrected chi connectivity index (χ1v) is 11.7. The summed E-state index contributed by atoms with van der Waals surface area (Å²) in [6, 6.07) is 10.4. The van der Waals surface area contributed by atoms with Crippen LogP contribution in [0.5, 0.6) is 0 Å². The third kappa shape index (κ3) is 4.46. The number of likely N-dealkylation sites (tertiary alicyclic amines) is 1. The third-order valence-electron chi connectivity index (χ3n) is 6.19. The molecule has 10 nitrogen and oxygen atoms in total. The topological polar surface area (TPSA) is 138 Å². The number of nitrogens with two attached hydrogens (primary N) is 1. The number of aromatic nitrogens is 5. The molecule has 0 radical (unpaired) electrons. The maximum absolute atomic E-state index is 12.7. The molecule has 10 heteroatoms. The lowest BCUT2D eigenvalue weighted by Gasteiger charge is -2.31. The van der Waals surface area contributed by atoms with Gasteiger partial charge in [-0.05, 0) is 56.3 Å². The number of nitrogens with one attached hydrogen (secondary N) is 1. The number of rotatable bonds is 5. The van der Waals surface area contributed by atoms with Crippen LogP contribution < -0.4 is 11.1 Å².